The molecule has 0 unspecified atom stereocenters. The van der Waals surface area contributed by atoms with Crippen LogP contribution in [0.5, 0.6) is 0 Å². The molecule has 0 spiro atoms. The van der Waals surface area contributed by atoms with Crippen molar-refractivity contribution >= 4 is 5.96 Å². The monoisotopic (exact) mass is 248 g/mol. The SMILES string of the molecule is CCN(CC)CCNC(N)=NCc1ccccc1. The Morgan fingerprint density at radius 3 is 2.50 bits per heavy atom. The zero-order valence-corrected chi connectivity index (χ0v) is 11.4. The van der Waals surface area contributed by atoms with Crippen LogP contribution in [0.2, 0.25) is 0 Å². The molecule has 0 fully saturated rings. The Labute approximate surface area is 110 Å². The van der Waals surface area contributed by atoms with Gasteiger partial charge in [0, 0.05) is 13.1 Å². The van der Waals surface area contributed by atoms with Crippen LogP contribution in [0.1, 0.15) is 19.4 Å². The molecule has 1 aromatic rings. The normalized spacial score (nSPS) is 11.8. The van der Waals surface area contributed by atoms with Crippen LogP contribution in [-0.2, 0) is 6.54 Å². The van der Waals surface area contributed by atoms with Crippen LogP contribution in [0, 0.1) is 0 Å². The number of hydrogen-bond acceptors (Lipinski definition) is 2. The van der Waals surface area contributed by atoms with E-state index < -0.39 is 0 Å². The number of nitrogens with two attached hydrogens (primary N) is 1. The molecular formula is C14H24N4. The van der Waals surface area contributed by atoms with Gasteiger partial charge in [-0.25, -0.2) is 4.99 Å². The zero-order valence-electron chi connectivity index (χ0n) is 11.4. The van der Waals surface area contributed by atoms with E-state index in [1.807, 2.05) is 30.3 Å². The first kappa shape index (κ1) is 14.5. The second kappa shape index (κ2) is 8.53. The summed E-state index contributed by atoms with van der Waals surface area (Å²) < 4.78 is 0. The van der Waals surface area contributed by atoms with Crippen LogP contribution < -0.4 is 11.1 Å². The van der Waals surface area contributed by atoms with Gasteiger partial charge in [0.1, 0.15) is 0 Å². The van der Waals surface area contributed by atoms with Crippen LogP contribution in [0.4, 0.5) is 0 Å². The summed E-state index contributed by atoms with van der Waals surface area (Å²) in [6.45, 7) is 8.93. The van der Waals surface area contributed by atoms with Crippen molar-refractivity contribution in [3.8, 4) is 0 Å². The van der Waals surface area contributed by atoms with E-state index in [0.29, 0.717) is 12.5 Å². The number of guanidine groups is 1. The summed E-state index contributed by atoms with van der Waals surface area (Å²) in [6.07, 6.45) is 0. The Morgan fingerprint density at radius 1 is 1.22 bits per heavy atom. The average Bonchev–Trinajstić information content (AvgIpc) is 2.42. The van der Waals surface area contributed by atoms with Crippen molar-refractivity contribution in [2.24, 2.45) is 10.7 Å². The summed E-state index contributed by atoms with van der Waals surface area (Å²) in [5, 5.41) is 3.14. The molecule has 0 aliphatic carbocycles. The van der Waals surface area contributed by atoms with Crippen LogP contribution in [0.25, 0.3) is 0 Å². The Kier molecular flexibility index (Phi) is 6.87. The Hall–Kier alpha value is -1.55. The van der Waals surface area contributed by atoms with Crippen molar-refractivity contribution in [3.05, 3.63) is 35.9 Å². The molecule has 1 aromatic carbocycles. The maximum atomic E-state index is 5.81. The summed E-state index contributed by atoms with van der Waals surface area (Å²) in [6, 6.07) is 10.1. The van der Waals surface area contributed by atoms with Crippen LogP contribution in [0.3, 0.4) is 0 Å². The molecule has 100 valence electrons. The fourth-order valence-electron chi connectivity index (χ4n) is 1.70. The summed E-state index contributed by atoms with van der Waals surface area (Å²) in [5.74, 6) is 0.519. The van der Waals surface area contributed by atoms with E-state index in [9.17, 15) is 0 Å². The summed E-state index contributed by atoms with van der Waals surface area (Å²) in [5.41, 5.74) is 6.98. The third-order valence-corrected chi connectivity index (χ3v) is 2.90. The van der Waals surface area contributed by atoms with Crippen LogP contribution in [0.15, 0.2) is 35.3 Å². The van der Waals surface area contributed by atoms with Gasteiger partial charge >= 0.3 is 0 Å². The predicted octanol–water partition coefficient (Wildman–Crippen LogP) is 1.43. The lowest BCUT2D eigenvalue weighted by molar-refractivity contribution is 0.308. The molecule has 0 atom stereocenters. The highest BCUT2D eigenvalue weighted by Crippen LogP contribution is 1.99. The van der Waals surface area contributed by atoms with Gasteiger partial charge in [0.2, 0.25) is 0 Å². The summed E-state index contributed by atoms with van der Waals surface area (Å²) in [7, 11) is 0. The molecule has 0 aliphatic rings. The van der Waals surface area contributed by atoms with Crippen molar-refractivity contribution in [2.45, 2.75) is 20.4 Å². The molecule has 18 heavy (non-hydrogen) atoms. The van der Waals surface area contributed by atoms with Crippen molar-refractivity contribution in [3.63, 3.8) is 0 Å². The molecule has 0 amide bonds. The van der Waals surface area contributed by atoms with Gasteiger partial charge in [-0.1, -0.05) is 44.2 Å². The number of likely N-dealkylation sites (N-methyl/N-ethyl adjacent to an activating group) is 1. The molecule has 4 nitrogen and oxygen atoms in total. The molecule has 0 aromatic heterocycles. The molecule has 0 aliphatic heterocycles. The first-order chi connectivity index (χ1) is 8.76. The minimum Gasteiger partial charge on any atom is -0.370 e. The lowest BCUT2D eigenvalue weighted by Crippen LogP contribution is -2.38. The maximum Gasteiger partial charge on any atom is 0.188 e. The molecule has 3 N–H and O–H groups in total. The zero-order chi connectivity index (χ0) is 13.2. The lowest BCUT2D eigenvalue weighted by Gasteiger charge is -2.18. The molecular weight excluding hydrogens is 224 g/mol. The molecule has 0 saturated carbocycles. The highest BCUT2D eigenvalue weighted by molar-refractivity contribution is 5.77. The second-order valence-corrected chi connectivity index (χ2v) is 4.14. The minimum atomic E-state index is 0.519. The average molecular weight is 248 g/mol. The summed E-state index contributed by atoms with van der Waals surface area (Å²) >= 11 is 0. The summed E-state index contributed by atoms with van der Waals surface area (Å²) in [4.78, 5) is 6.65. The highest BCUT2D eigenvalue weighted by Gasteiger charge is 1.98. The van der Waals surface area contributed by atoms with Crippen LogP contribution in [-0.4, -0.2) is 37.0 Å². The number of rotatable bonds is 7. The van der Waals surface area contributed by atoms with Gasteiger partial charge in [0.05, 0.1) is 6.54 Å². The Bertz CT molecular complexity index is 344. The number of benzene rings is 1. The Balaban J connectivity index is 2.26. The largest absolute Gasteiger partial charge is 0.370 e. The van der Waals surface area contributed by atoms with Crippen molar-refractivity contribution in [1.82, 2.24) is 10.2 Å². The number of hydrogen-bond donors (Lipinski definition) is 2. The van der Waals surface area contributed by atoms with E-state index in [0.717, 1.165) is 26.2 Å². The first-order valence-electron chi connectivity index (χ1n) is 6.56. The van der Waals surface area contributed by atoms with Gasteiger partial charge in [-0.2, -0.15) is 0 Å². The second-order valence-electron chi connectivity index (χ2n) is 4.14. The quantitative estimate of drug-likeness (QED) is 0.567. The van der Waals surface area contributed by atoms with Gasteiger partial charge in [0.25, 0.3) is 0 Å². The standard InChI is InChI=1S/C14H24N4/c1-3-18(4-2)11-10-16-14(15)17-12-13-8-6-5-7-9-13/h5-9H,3-4,10-12H2,1-2H3,(H3,15,16,17). The smallest absolute Gasteiger partial charge is 0.188 e. The highest BCUT2D eigenvalue weighted by atomic mass is 15.2. The fraction of sp³-hybridized carbons (Fsp3) is 0.500. The van der Waals surface area contributed by atoms with E-state index in [4.69, 9.17) is 5.73 Å². The third-order valence-electron chi connectivity index (χ3n) is 2.90. The fourth-order valence-corrected chi connectivity index (χ4v) is 1.70. The molecule has 4 heteroatoms. The molecule has 1 rings (SSSR count). The topological polar surface area (TPSA) is 53.6 Å². The van der Waals surface area contributed by atoms with E-state index in [1.165, 1.54) is 5.56 Å². The lowest BCUT2D eigenvalue weighted by atomic mass is 10.2. The van der Waals surface area contributed by atoms with Crippen LogP contribution >= 0.6 is 0 Å². The number of aliphatic imine (C=N–C) groups is 1. The minimum absolute atomic E-state index is 0.519. The maximum absolute atomic E-state index is 5.81. The van der Waals surface area contributed by atoms with E-state index in [2.05, 4.69) is 29.1 Å². The molecule has 0 bridgehead atoms. The number of nitrogens with zero attached hydrogens (tertiary/aromatic N) is 2. The van der Waals surface area contributed by atoms with Gasteiger partial charge in [-0.05, 0) is 18.7 Å². The predicted molar refractivity (Wildman–Crippen MR) is 77.6 cm³/mol. The van der Waals surface area contributed by atoms with Crippen molar-refractivity contribution in [2.75, 3.05) is 26.2 Å². The van der Waals surface area contributed by atoms with Gasteiger partial charge < -0.3 is 16.0 Å². The van der Waals surface area contributed by atoms with Gasteiger partial charge in [0.15, 0.2) is 5.96 Å². The van der Waals surface area contributed by atoms with Gasteiger partial charge in [-0.3, -0.25) is 0 Å². The first-order valence-corrected chi connectivity index (χ1v) is 6.56. The third kappa shape index (κ3) is 5.68. The van der Waals surface area contributed by atoms with E-state index in [1.54, 1.807) is 0 Å². The van der Waals surface area contributed by atoms with Gasteiger partial charge in [-0.15, -0.1) is 0 Å². The molecule has 0 saturated heterocycles. The Morgan fingerprint density at radius 2 is 1.89 bits per heavy atom. The molecule has 0 radical (unpaired) electrons. The van der Waals surface area contributed by atoms with E-state index in [-0.39, 0.29) is 0 Å². The van der Waals surface area contributed by atoms with Crippen molar-refractivity contribution in [1.29, 1.82) is 0 Å². The molecule has 0 heterocycles. The number of nitrogens with one attached hydrogen (secondary N) is 1. The van der Waals surface area contributed by atoms with Crippen molar-refractivity contribution < 1.29 is 0 Å². The van der Waals surface area contributed by atoms with E-state index >= 15 is 0 Å².